The molecular formula is C14H20ClN3O. The summed E-state index contributed by atoms with van der Waals surface area (Å²) in [5.74, 6) is 0.371. The van der Waals surface area contributed by atoms with Crippen molar-refractivity contribution in [3.05, 3.63) is 22.7 Å². The molecule has 2 unspecified atom stereocenters. The summed E-state index contributed by atoms with van der Waals surface area (Å²) in [6, 6.07) is 1.91. The minimum atomic E-state index is -0.147. The van der Waals surface area contributed by atoms with Crippen molar-refractivity contribution in [2.45, 2.75) is 52.0 Å². The van der Waals surface area contributed by atoms with Crippen LogP contribution in [0.4, 0.5) is 0 Å². The van der Waals surface area contributed by atoms with Gasteiger partial charge < -0.3 is 5.32 Å². The van der Waals surface area contributed by atoms with Gasteiger partial charge in [-0.05, 0) is 43.4 Å². The van der Waals surface area contributed by atoms with Crippen LogP contribution in [0.1, 0.15) is 55.2 Å². The van der Waals surface area contributed by atoms with E-state index in [4.69, 9.17) is 11.6 Å². The van der Waals surface area contributed by atoms with Crippen LogP contribution in [-0.4, -0.2) is 21.9 Å². The highest BCUT2D eigenvalue weighted by molar-refractivity contribution is 6.28. The number of carbonyl (C=O) groups is 1. The molecule has 1 fully saturated rings. The minimum absolute atomic E-state index is 0.124. The number of hydrogen-bond donors (Lipinski definition) is 1. The summed E-state index contributed by atoms with van der Waals surface area (Å²) in [7, 11) is 0. The molecule has 1 saturated carbocycles. The minimum Gasteiger partial charge on any atom is -0.348 e. The number of nitrogens with zero attached hydrogens (tertiary/aromatic N) is 2. The zero-order valence-corrected chi connectivity index (χ0v) is 12.2. The lowest BCUT2D eigenvalue weighted by Crippen LogP contribution is -2.39. The number of aromatic nitrogens is 2. The van der Waals surface area contributed by atoms with Gasteiger partial charge in [0, 0.05) is 11.7 Å². The van der Waals surface area contributed by atoms with E-state index < -0.39 is 0 Å². The van der Waals surface area contributed by atoms with Crippen LogP contribution in [0.5, 0.6) is 0 Å². The highest BCUT2D eigenvalue weighted by Crippen LogP contribution is 2.23. The number of hydrogen-bond acceptors (Lipinski definition) is 3. The van der Waals surface area contributed by atoms with E-state index in [2.05, 4.69) is 22.2 Å². The molecule has 0 radical (unpaired) electrons. The van der Waals surface area contributed by atoms with Crippen molar-refractivity contribution in [1.82, 2.24) is 15.3 Å². The maximum absolute atomic E-state index is 12.2. The van der Waals surface area contributed by atoms with Crippen molar-refractivity contribution in [3.8, 4) is 0 Å². The standard InChI is InChI=1S/C14H20ClN3O/c1-9-6-4-3-5-7-11(9)17-13(19)12-8-10(2)16-14(15)18-12/h8-9,11H,3-7H2,1-2H3,(H,17,19). The monoisotopic (exact) mass is 281 g/mol. The van der Waals surface area contributed by atoms with Gasteiger partial charge in [-0.3, -0.25) is 4.79 Å². The third kappa shape index (κ3) is 3.90. The molecule has 1 heterocycles. The van der Waals surface area contributed by atoms with Gasteiger partial charge in [0.25, 0.3) is 5.91 Å². The first-order valence-electron chi connectivity index (χ1n) is 6.88. The molecule has 1 N–H and O–H groups in total. The quantitative estimate of drug-likeness (QED) is 0.669. The number of carbonyl (C=O) groups excluding carboxylic acids is 1. The largest absolute Gasteiger partial charge is 0.348 e. The van der Waals surface area contributed by atoms with Crippen molar-refractivity contribution in [2.24, 2.45) is 5.92 Å². The molecular weight excluding hydrogens is 262 g/mol. The smallest absolute Gasteiger partial charge is 0.270 e. The number of aryl methyl sites for hydroxylation is 1. The summed E-state index contributed by atoms with van der Waals surface area (Å²) >= 11 is 5.79. The maximum atomic E-state index is 12.2. The number of nitrogens with one attached hydrogen (secondary N) is 1. The first kappa shape index (κ1) is 14.3. The lowest BCUT2D eigenvalue weighted by molar-refractivity contribution is 0.0916. The fourth-order valence-electron chi connectivity index (χ4n) is 2.60. The molecule has 2 atom stereocenters. The second-order valence-electron chi connectivity index (χ2n) is 5.36. The Kier molecular flexibility index (Phi) is 4.75. The van der Waals surface area contributed by atoms with Gasteiger partial charge >= 0.3 is 0 Å². The van der Waals surface area contributed by atoms with E-state index >= 15 is 0 Å². The van der Waals surface area contributed by atoms with Gasteiger partial charge in [-0.1, -0.05) is 26.2 Å². The summed E-state index contributed by atoms with van der Waals surface area (Å²) in [6.07, 6.45) is 5.92. The van der Waals surface area contributed by atoms with Crippen LogP contribution in [0.15, 0.2) is 6.07 Å². The molecule has 0 saturated heterocycles. The Morgan fingerprint density at radius 2 is 2.05 bits per heavy atom. The van der Waals surface area contributed by atoms with Gasteiger partial charge in [0.05, 0.1) is 0 Å². The number of rotatable bonds is 2. The fraction of sp³-hybridized carbons (Fsp3) is 0.643. The summed E-state index contributed by atoms with van der Waals surface area (Å²) in [5, 5.41) is 3.22. The molecule has 1 aliphatic carbocycles. The molecule has 1 aliphatic rings. The van der Waals surface area contributed by atoms with E-state index in [1.807, 2.05) is 0 Å². The van der Waals surface area contributed by atoms with Crippen LogP contribution in [-0.2, 0) is 0 Å². The number of halogens is 1. The van der Waals surface area contributed by atoms with E-state index in [-0.39, 0.29) is 17.2 Å². The Balaban J connectivity index is 2.07. The lowest BCUT2D eigenvalue weighted by atomic mass is 9.97. The van der Waals surface area contributed by atoms with Crippen LogP contribution < -0.4 is 5.32 Å². The highest BCUT2D eigenvalue weighted by Gasteiger charge is 2.22. The van der Waals surface area contributed by atoms with Crippen LogP contribution in [0.2, 0.25) is 5.28 Å². The summed E-state index contributed by atoms with van der Waals surface area (Å²) in [4.78, 5) is 20.2. The third-order valence-electron chi connectivity index (χ3n) is 3.74. The molecule has 0 bridgehead atoms. The van der Waals surface area contributed by atoms with E-state index in [1.54, 1.807) is 13.0 Å². The average molecular weight is 282 g/mol. The second-order valence-corrected chi connectivity index (χ2v) is 5.70. The Bertz CT molecular complexity index is 444. The van der Waals surface area contributed by atoms with E-state index in [0.29, 0.717) is 17.3 Å². The maximum Gasteiger partial charge on any atom is 0.270 e. The van der Waals surface area contributed by atoms with Crippen molar-refractivity contribution in [3.63, 3.8) is 0 Å². The zero-order valence-electron chi connectivity index (χ0n) is 11.4. The molecule has 104 valence electrons. The third-order valence-corrected chi connectivity index (χ3v) is 3.91. The zero-order chi connectivity index (χ0) is 13.8. The molecule has 1 amide bonds. The molecule has 5 heteroatoms. The topological polar surface area (TPSA) is 54.9 Å². The van der Waals surface area contributed by atoms with Gasteiger partial charge in [0.1, 0.15) is 5.69 Å². The Morgan fingerprint density at radius 1 is 1.32 bits per heavy atom. The van der Waals surface area contributed by atoms with Crippen molar-refractivity contribution >= 4 is 17.5 Å². The van der Waals surface area contributed by atoms with E-state index in [1.165, 1.54) is 25.7 Å². The summed E-state index contributed by atoms with van der Waals surface area (Å²) < 4.78 is 0. The molecule has 19 heavy (non-hydrogen) atoms. The van der Waals surface area contributed by atoms with Crippen LogP contribution in [0, 0.1) is 12.8 Å². The Labute approximate surface area is 119 Å². The lowest BCUT2D eigenvalue weighted by Gasteiger charge is -2.22. The molecule has 0 spiro atoms. The summed E-state index contributed by atoms with van der Waals surface area (Å²) in [5.41, 5.74) is 1.06. The molecule has 0 aliphatic heterocycles. The van der Waals surface area contributed by atoms with Gasteiger partial charge in [0.15, 0.2) is 0 Å². The normalized spacial score (nSPS) is 23.7. The van der Waals surface area contributed by atoms with Gasteiger partial charge in [-0.25, -0.2) is 9.97 Å². The predicted octanol–water partition coefficient (Wildman–Crippen LogP) is 3.14. The predicted molar refractivity (Wildman–Crippen MR) is 75.3 cm³/mol. The first-order valence-corrected chi connectivity index (χ1v) is 7.26. The van der Waals surface area contributed by atoms with E-state index in [9.17, 15) is 4.79 Å². The summed E-state index contributed by atoms with van der Waals surface area (Å²) in [6.45, 7) is 4.01. The Hall–Kier alpha value is -1.16. The van der Waals surface area contributed by atoms with Crippen molar-refractivity contribution < 1.29 is 4.79 Å². The molecule has 1 aromatic heterocycles. The number of amides is 1. The van der Waals surface area contributed by atoms with Crippen LogP contribution in [0.25, 0.3) is 0 Å². The van der Waals surface area contributed by atoms with Crippen LogP contribution in [0.3, 0.4) is 0 Å². The SMILES string of the molecule is Cc1cc(C(=O)NC2CCCCCC2C)nc(Cl)n1. The van der Waals surface area contributed by atoms with Crippen molar-refractivity contribution in [1.29, 1.82) is 0 Å². The van der Waals surface area contributed by atoms with Gasteiger partial charge in [-0.15, -0.1) is 0 Å². The molecule has 4 nitrogen and oxygen atoms in total. The molecule has 2 rings (SSSR count). The van der Waals surface area contributed by atoms with Gasteiger partial charge in [0.2, 0.25) is 5.28 Å². The van der Waals surface area contributed by atoms with E-state index in [0.717, 1.165) is 6.42 Å². The molecule has 0 aromatic carbocycles. The second kappa shape index (κ2) is 6.33. The van der Waals surface area contributed by atoms with Crippen LogP contribution >= 0.6 is 11.6 Å². The van der Waals surface area contributed by atoms with Gasteiger partial charge in [-0.2, -0.15) is 0 Å². The average Bonchev–Trinajstić information content (AvgIpc) is 2.54. The van der Waals surface area contributed by atoms with Crippen molar-refractivity contribution in [2.75, 3.05) is 0 Å². The Morgan fingerprint density at radius 3 is 2.79 bits per heavy atom. The first-order chi connectivity index (χ1) is 9.06. The fourth-order valence-corrected chi connectivity index (χ4v) is 2.82. The highest BCUT2D eigenvalue weighted by atomic mass is 35.5. The molecule has 1 aromatic rings.